The molecule has 0 bridgehead atoms. The van der Waals surface area contributed by atoms with Gasteiger partial charge in [0.05, 0.1) is 23.3 Å². The molecule has 3 aromatic carbocycles. The van der Waals surface area contributed by atoms with Crippen LogP contribution in [0.5, 0.6) is 5.75 Å². The summed E-state index contributed by atoms with van der Waals surface area (Å²) in [6.07, 6.45) is 1.10. The molecule has 2 heterocycles. The zero-order valence-electron chi connectivity index (χ0n) is 21.9. The standard InChI is InChI=1S/C30H29FN2O5/c1-15-12-17-13-20(28(34)32-5)21(31)14-19(17)25(23(15)27(29(35)36)38-30(2,3)4)18-6-7-22-24-16(9-11-37-22)8-10-33-26(18)24/h6-8,10,12-14,27H,9,11H2,1-5H3,(H,32,34)(H,35,36)/t27-/m1/s1. The Balaban J connectivity index is 1.93. The van der Waals surface area contributed by atoms with Crippen molar-refractivity contribution < 1.29 is 28.6 Å². The summed E-state index contributed by atoms with van der Waals surface area (Å²) in [5, 5.41) is 14.7. The molecule has 0 fully saturated rings. The maximum atomic E-state index is 15.4. The number of aliphatic carboxylic acids is 1. The normalized spacial score (nSPS) is 13.8. The van der Waals surface area contributed by atoms with Crippen LogP contribution in [-0.4, -0.2) is 41.2 Å². The average molecular weight is 517 g/mol. The van der Waals surface area contributed by atoms with E-state index in [2.05, 4.69) is 10.3 Å². The van der Waals surface area contributed by atoms with Crippen molar-refractivity contribution in [2.75, 3.05) is 13.7 Å². The van der Waals surface area contributed by atoms with Crippen LogP contribution in [0.4, 0.5) is 4.39 Å². The van der Waals surface area contributed by atoms with Crippen LogP contribution in [0, 0.1) is 12.7 Å². The molecule has 0 unspecified atom stereocenters. The van der Waals surface area contributed by atoms with Gasteiger partial charge in [-0.3, -0.25) is 9.78 Å². The van der Waals surface area contributed by atoms with Gasteiger partial charge in [0.15, 0.2) is 6.10 Å². The predicted molar refractivity (Wildman–Crippen MR) is 143 cm³/mol. The number of nitrogens with one attached hydrogen (secondary N) is 1. The van der Waals surface area contributed by atoms with Crippen LogP contribution in [0.3, 0.4) is 0 Å². The molecule has 4 aromatic rings. The number of benzene rings is 3. The van der Waals surface area contributed by atoms with E-state index in [0.717, 1.165) is 10.9 Å². The number of carbonyl (C=O) groups is 2. The molecule has 1 amide bonds. The molecule has 0 radical (unpaired) electrons. The number of aryl methyl sites for hydroxylation is 1. The van der Waals surface area contributed by atoms with Crippen molar-refractivity contribution in [2.24, 2.45) is 0 Å². The van der Waals surface area contributed by atoms with E-state index in [9.17, 15) is 14.7 Å². The Kier molecular flexibility index (Phi) is 6.31. The SMILES string of the molecule is CNC(=O)c1cc2cc(C)c([C@@H](OC(C)(C)C)C(=O)O)c(-c3ccc4c5c(ccnc35)CCO4)c2cc1F. The second kappa shape index (κ2) is 9.36. The summed E-state index contributed by atoms with van der Waals surface area (Å²) >= 11 is 0. The number of carbonyl (C=O) groups excluding carboxylic acids is 1. The van der Waals surface area contributed by atoms with Gasteiger partial charge < -0.3 is 19.9 Å². The van der Waals surface area contributed by atoms with Crippen molar-refractivity contribution in [3.05, 3.63) is 70.7 Å². The highest BCUT2D eigenvalue weighted by Gasteiger charge is 2.33. The highest BCUT2D eigenvalue weighted by Crippen LogP contribution is 2.45. The average Bonchev–Trinajstić information content (AvgIpc) is 2.86. The molecule has 1 aliphatic rings. The van der Waals surface area contributed by atoms with Gasteiger partial charge in [-0.25, -0.2) is 9.18 Å². The lowest BCUT2D eigenvalue weighted by molar-refractivity contribution is -0.160. The van der Waals surface area contributed by atoms with Gasteiger partial charge in [0, 0.05) is 36.2 Å². The first-order chi connectivity index (χ1) is 18.0. The smallest absolute Gasteiger partial charge is 0.337 e. The third-order valence-electron chi connectivity index (χ3n) is 6.74. The number of carboxylic acid groups (broad SMARTS) is 1. The number of ether oxygens (including phenoxy) is 2. The Bertz CT molecular complexity index is 1610. The van der Waals surface area contributed by atoms with Crippen molar-refractivity contribution in [1.29, 1.82) is 0 Å². The zero-order chi connectivity index (χ0) is 27.4. The first kappa shape index (κ1) is 25.6. The number of halogens is 1. The fourth-order valence-corrected chi connectivity index (χ4v) is 5.21. The summed E-state index contributed by atoms with van der Waals surface area (Å²) < 4.78 is 27.3. The third kappa shape index (κ3) is 4.35. The van der Waals surface area contributed by atoms with Gasteiger partial charge in [-0.1, -0.05) is 6.07 Å². The Labute approximate surface area is 219 Å². The van der Waals surface area contributed by atoms with E-state index in [1.165, 1.54) is 19.2 Å². The molecule has 1 aromatic heterocycles. The molecule has 5 rings (SSSR count). The number of amides is 1. The zero-order valence-corrected chi connectivity index (χ0v) is 21.9. The molecular weight excluding hydrogens is 487 g/mol. The summed E-state index contributed by atoms with van der Waals surface area (Å²) in [6.45, 7) is 7.71. The van der Waals surface area contributed by atoms with E-state index in [0.29, 0.717) is 57.3 Å². The van der Waals surface area contributed by atoms with E-state index >= 15 is 4.39 Å². The van der Waals surface area contributed by atoms with Crippen LogP contribution >= 0.6 is 0 Å². The van der Waals surface area contributed by atoms with Crippen molar-refractivity contribution in [2.45, 2.75) is 45.8 Å². The number of hydrogen-bond acceptors (Lipinski definition) is 5. The molecule has 1 atom stereocenters. The number of nitrogens with zero attached hydrogens (tertiary/aromatic N) is 1. The Morgan fingerprint density at radius 3 is 2.63 bits per heavy atom. The van der Waals surface area contributed by atoms with Crippen LogP contribution in [0.15, 0.2) is 42.6 Å². The van der Waals surface area contributed by atoms with Gasteiger partial charge in [0.25, 0.3) is 5.91 Å². The Morgan fingerprint density at radius 1 is 1.18 bits per heavy atom. The second-order valence-electron chi connectivity index (χ2n) is 10.5. The molecule has 0 aliphatic carbocycles. The van der Waals surface area contributed by atoms with Gasteiger partial charge in [-0.15, -0.1) is 0 Å². The minimum absolute atomic E-state index is 0.0951. The minimum atomic E-state index is -1.34. The highest BCUT2D eigenvalue weighted by molar-refractivity contribution is 6.10. The van der Waals surface area contributed by atoms with Gasteiger partial charge >= 0.3 is 5.97 Å². The number of hydrogen-bond donors (Lipinski definition) is 2. The van der Waals surface area contributed by atoms with E-state index in [-0.39, 0.29) is 5.56 Å². The second-order valence-corrected chi connectivity index (χ2v) is 10.5. The molecule has 2 N–H and O–H groups in total. The largest absolute Gasteiger partial charge is 0.493 e. The van der Waals surface area contributed by atoms with E-state index in [4.69, 9.17) is 9.47 Å². The Hall–Kier alpha value is -4.04. The van der Waals surface area contributed by atoms with Crippen molar-refractivity contribution in [1.82, 2.24) is 10.3 Å². The molecule has 0 saturated heterocycles. The first-order valence-corrected chi connectivity index (χ1v) is 12.4. The van der Waals surface area contributed by atoms with Crippen LogP contribution in [0.1, 0.15) is 53.9 Å². The van der Waals surface area contributed by atoms with Crippen LogP contribution in [0.2, 0.25) is 0 Å². The van der Waals surface area contributed by atoms with E-state index in [1.807, 2.05) is 18.2 Å². The van der Waals surface area contributed by atoms with Crippen LogP contribution in [-0.2, 0) is 16.0 Å². The monoisotopic (exact) mass is 516 g/mol. The fraction of sp³-hybridized carbons (Fsp3) is 0.300. The van der Waals surface area contributed by atoms with Crippen LogP contribution < -0.4 is 10.1 Å². The van der Waals surface area contributed by atoms with Gasteiger partial charge in [-0.05, 0) is 85.5 Å². The highest BCUT2D eigenvalue weighted by atomic mass is 19.1. The molecule has 7 nitrogen and oxygen atoms in total. The third-order valence-corrected chi connectivity index (χ3v) is 6.74. The lowest BCUT2D eigenvalue weighted by Gasteiger charge is -2.29. The minimum Gasteiger partial charge on any atom is -0.493 e. The summed E-state index contributed by atoms with van der Waals surface area (Å²) in [6, 6.07) is 10.2. The summed E-state index contributed by atoms with van der Waals surface area (Å²) in [5.74, 6) is -1.72. The van der Waals surface area contributed by atoms with E-state index < -0.39 is 29.4 Å². The van der Waals surface area contributed by atoms with Crippen molar-refractivity contribution in [3.63, 3.8) is 0 Å². The molecule has 0 saturated carbocycles. The van der Waals surface area contributed by atoms with E-state index in [1.54, 1.807) is 40.0 Å². The molecular formula is C30H29FN2O5. The molecule has 8 heteroatoms. The van der Waals surface area contributed by atoms with Gasteiger partial charge in [0.2, 0.25) is 0 Å². The van der Waals surface area contributed by atoms with Gasteiger partial charge in [-0.2, -0.15) is 0 Å². The van der Waals surface area contributed by atoms with Crippen molar-refractivity contribution >= 4 is 33.6 Å². The summed E-state index contributed by atoms with van der Waals surface area (Å²) in [7, 11) is 1.44. The fourth-order valence-electron chi connectivity index (χ4n) is 5.21. The molecule has 38 heavy (non-hydrogen) atoms. The lowest BCUT2D eigenvalue weighted by Crippen LogP contribution is -2.28. The number of carboxylic acids is 1. The van der Waals surface area contributed by atoms with Crippen LogP contribution in [0.25, 0.3) is 32.8 Å². The number of pyridine rings is 1. The van der Waals surface area contributed by atoms with Crippen molar-refractivity contribution in [3.8, 4) is 16.9 Å². The topological polar surface area (TPSA) is 97.8 Å². The molecule has 0 spiro atoms. The first-order valence-electron chi connectivity index (χ1n) is 12.4. The number of aromatic nitrogens is 1. The molecule has 196 valence electrons. The predicted octanol–water partition coefficient (Wildman–Crippen LogP) is 5.74. The maximum Gasteiger partial charge on any atom is 0.337 e. The lowest BCUT2D eigenvalue weighted by atomic mass is 9.85. The number of fused-ring (bicyclic) bond motifs is 1. The Morgan fingerprint density at radius 2 is 1.95 bits per heavy atom. The number of rotatable bonds is 5. The molecule has 1 aliphatic heterocycles. The maximum absolute atomic E-state index is 15.4. The summed E-state index contributed by atoms with van der Waals surface area (Å²) in [5.41, 5.74) is 3.01. The quantitative estimate of drug-likeness (QED) is 0.351. The van der Waals surface area contributed by atoms with Gasteiger partial charge in [0.1, 0.15) is 11.6 Å². The summed E-state index contributed by atoms with van der Waals surface area (Å²) in [4.78, 5) is 29.7.